The lowest BCUT2D eigenvalue weighted by molar-refractivity contribution is 0.0688. The molecule has 0 spiro atoms. The highest BCUT2D eigenvalue weighted by molar-refractivity contribution is 4.77. The third-order valence-corrected chi connectivity index (χ3v) is 2.97. The summed E-state index contributed by atoms with van der Waals surface area (Å²) in [6.45, 7) is 4.79. The molecule has 0 unspecified atom stereocenters. The molecule has 70 valence electrons. The van der Waals surface area contributed by atoms with Crippen LogP contribution in [0.2, 0.25) is 0 Å². The standard InChI is InChI=1S/C9H19N3/c1-11-5-7-12(8-6-11)10-9-3-2-4-9/h9-10H,2-8H2,1H3. The maximum absolute atomic E-state index is 3.58. The second-order valence-electron chi connectivity index (χ2n) is 4.05. The third kappa shape index (κ3) is 1.97. The zero-order valence-electron chi connectivity index (χ0n) is 7.92. The van der Waals surface area contributed by atoms with E-state index in [1.807, 2.05) is 0 Å². The maximum Gasteiger partial charge on any atom is 0.0259 e. The number of nitrogens with one attached hydrogen (secondary N) is 1. The minimum absolute atomic E-state index is 0.799. The van der Waals surface area contributed by atoms with Gasteiger partial charge in [0.25, 0.3) is 0 Å². The Kier molecular flexibility index (Phi) is 2.63. The molecule has 2 rings (SSSR count). The molecule has 0 atom stereocenters. The molecule has 1 heterocycles. The van der Waals surface area contributed by atoms with Crippen molar-refractivity contribution in [2.75, 3.05) is 33.2 Å². The Morgan fingerprint density at radius 2 is 1.75 bits per heavy atom. The number of rotatable bonds is 2. The monoisotopic (exact) mass is 169 g/mol. The smallest absolute Gasteiger partial charge is 0.0259 e. The summed E-state index contributed by atoms with van der Waals surface area (Å²) >= 11 is 0. The van der Waals surface area contributed by atoms with Crippen LogP contribution in [0.1, 0.15) is 19.3 Å². The van der Waals surface area contributed by atoms with Crippen LogP contribution in [0.25, 0.3) is 0 Å². The van der Waals surface area contributed by atoms with Crippen molar-refractivity contribution >= 4 is 0 Å². The Labute approximate surface area is 74.7 Å². The topological polar surface area (TPSA) is 18.5 Å². The van der Waals surface area contributed by atoms with Crippen LogP contribution in [0.3, 0.4) is 0 Å². The lowest BCUT2D eigenvalue weighted by Crippen LogP contribution is -2.55. The first-order valence-corrected chi connectivity index (χ1v) is 5.04. The van der Waals surface area contributed by atoms with E-state index in [9.17, 15) is 0 Å². The van der Waals surface area contributed by atoms with Crippen molar-refractivity contribution in [1.82, 2.24) is 15.3 Å². The van der Waals surface area contributed by atoms with Crippen LogP contribution in [-0.4, -0.2) is 49.2 Å². The molecule has 2 fully saturated rings. The third-order valence-electron chi connectivity index (χ3n) is 2.97. The molecule has 0 aromatic heterocycles. The van der Waals surface area contributed by atoms with Crippen molar-refractivity contribution in [2.24, 2.45) is 0 Å². The van der Waals surface area contributed by atoms with Crippen LogP contribution in [0.5, 0.6) is 0 Å². The van der Waals surface area contributed by atoms with E-state index in [-0.39, 0.29) is 0 Å². The molecule has 2 aliphatic rings. The number of likely N-dealkylation sites (N-methyl/N-ethyl adjacent to an activating group) is 1. The molecule has 0 aromatic rings. The van der Waals surface area contributed by atoms with Gasteiger partial charge in [0, 0.05) is 32.2 Å². The number of hydrogen-bond acceptors (Lipinski definition) is 3. The lowest BCUT2D eigenvalue weighted by atomic mass is 9.94. The molecule has 1 aliphatic carbocycles. The van der Waals surface area contributed by atoms with Crippen molar-refractivity contribution in [2.45, 2.75) is 25.3 Å². The Morgan fingerprint density at radius 1 is 1.08 bits per heavy atom. The van der Waals surface area contributed by atoms with Crippen LogP contribution in [0.15, 0.2) is 0 Å². The van der Waals surface area contributed by atoms with Gasteiger partial charge in [-0.1, -0.05) is 6.42 Å². The fourth-order valence-corrected chi connectivity index (χ4v) is 1.73. The molecule has 12 heavy (non-hydrogen) atoms. The molecule has 3 heteroatoms. The molecule has 0 aromatic carbocycles. The molecular formula is C9H19N3. The van der Waals surface area contributed by atoms with Crippen LogP contribution in [0.4, 0.5) is 0 Å². The SMILES string of the molecule is CN1CCN(NC2CCC2)CC1. The molecule has 1 saturated heterocycles. The molecule has 1 saturated carbocycles. The fourth-order valence-electron chi connectivity index (χ4n) is 1.73. The molecule has 1 N–H and O–H groups in total. The summed E-state index contributed by atoms with van der Waals surface area (Å²) in [6.07, 6.45) is 4.18. The predicted octanol–water partition coefficient (Wildman–Crippen LogP) is 0.291. The summed E-state index contributed by atoms with van der Waals surface area (Å²) in [4.78, 5) is 2.39. The first-order valence-electron chi connectivity index (χ1n) is 5.04. The molecular weight excluding hydrogens is 150 g/mol. The summed E-state index contributed by atoms with van der Waals surface area (Å²) in [6, 6.07) is 0.799. The Bertz CT molecular complexity index is 137. The number of nitrogens with zero attached hydrogens (tertiary/aromatic N) is 2. The van der Waals surface area contributed by atoms with Gasteiger partial charge < -0.3 is 4.90 Å². The normalized spacial score (nSPS) is 28.8. The van der Waals surface area contributed by atoms with Gasteiger partial charge in [-0.25, -0.2) is 5.01 Å². The Morgan fingerprint density at radius 3 is 2.25 bits per heavy atom. The quantitative estimate of drug-likeness (QED) is 0.641. The molecule has 0 radical (unpaired) electrons. The van der Waals surface area contributed by atoms with Crippen molar-refractivity contribution < 1.29 is 0 Å². The zero-order chi connectivity index (χ0) is 8.39. The van der Waals surface area contributed by atoms with E-state index in [1.54, 1.807) is 0 Å². The van der Waals surface area contributed by atoms with E-state index in [0.29, 0.717) is 0 Å². The van der Waals surface area contributed by atoms with Crippen molar-refractivity contribution in [3.63, 3.8) is 0 Å². The van der Waals surface area contributed by atoms with Crippen LogP contribution >= 0.6 is 0 Å². The van der Waals surface area contributed by atoms with Gasteiger partial charge in [-0.2, -0.15) is 0 Å². The van der Waals surface area contributed by atoms with Gasteiger partial charge in [0.1, 0.15) is 0 Å². The number of hydrazine groups is 1. The van der Waals surface area contributed by atoms with Gasteiger partial charge >= 0.3 is 0 Å². The van der Waals surface area contributed by atoms with Crippen molar-refractivity contribution in [1.29, 1.82) is 0 Å². The first kappa shape index (κ1) is 8.48. The van der Waals surface area contributed by atoms with Crippen LogP contribution < -0.4 is 5.43 Å². The highest BCUT2D eigenvalue weighted by Crippen LogP contribution is 2.18. The minimum Gasteiger partial charge on any atom is -0.304 e. The van der Waals surface area contributed by atoms with Gasteiger partial charge in [0.15, 0.2) is 0 Å². The number of piperazine rings is 1. The van der Waals surface area contributed by atoms with Crippen LogP contribution in [-0.2, 0) is 0 Å². The highest BCUT2D eigenvalue weighted by Gasteiger charge is 2.21. The highest BCUT2D eigenvalue weighted by atomic mass is 15.5. The summed E-state index contributed by atoms with van der Waals surface area (Å²) < 4.78 is 0. The Hall–Kier alpha value is -0.120. The summed E-state index contributed by atoms with van der Waals surface area (Å²) in [5, 5.41) is 2.39. The van der Waals surface area contributed by atoms with Crippen LogP contribution in [0, 0.1) is 0 Å². The molecule has 0 amide bonds. The van der Waals surface area contributed by atoms with Gasteiger partial charge in [0.2, 0.25) is 0 Å². The van der Waals surface area contributed by atoms with Gasteiger partial charge in [-0.3, -0.25) is 5.43 Å². The Balaban J connectivity index is 1.67. The molecule has 0 bridgehead atoms. The average Bonchev–Trinajstić information content (AvgIpc) is 2.00. The van der Waals surface area contributed by atoms with E-state index < -0.39 is 0 Å². The number of hydrogen-bond donors (Lipinski definition) is 1. The largest absolute Gasteiger partial charge is 0.304 e. The van der Waals surface area contributed by atoms with E-state index in [1.165, 1.54) is 45.4 Å². The van der Waals surface area contributed by atoms with Gasteiger partial charge in [0.05, 0.1) is 0 Å². The summed E-state index contributed by atoms with van der Waals surface area (Å²) in [5.41, 5.74) is 3.58. The van der Waals surface area contributed by atoms with E-state index >= 15 is 0 Å². The second kappa shape index (κ2) is 3.73. The average molecular weight is 169 g/mol. The minimum atomic E-state index is 0.799. The molecule has 1 aliphatic heterocycles. The fraction of sp³-hybridized carbons (Fsp3) is 1.00. The predicted molar refractivity (Wildman–Crippen MR) is 49.8 cm³/mol. The van der Waals surface area contributed by atoms with Crippen molar-refractivity contribution in [3.05, 3.63) is 0 Å². The first-order chi connectivity index (χ1) is 5.84. The second-order valence-corrected chi connectivity index (χ2v) is 4.05. The van der Waals surface area contributed by atoms with E-state index in [4.69, 9.17) is 0 Å². The van der Waals surface area contributed by atoms with E-state index in [2.05, 4.69) is 22.4 Å². The van der Waals surface area contributed by atoms with Crippen molar-refractivity contribution in [3.8, 4) is 0 Å². The van der Waals surface area contributed by atoms with E-state index in [0.717, 1.165) is 6.04 Å². The van der Waals surface area contributed by atoms with Gasteiger partial charge in [-0.15, -0.1) is 0 Å². The zero-order valence-corrected chi connectivity index (χ0v) is 7.92. The summed E-state index contributed by atoms with van der Waals surface area (Å²) in [7, 11) is 2.20. The molecule has 3 nitrogen and oxygen atoms in total. The summed E-state index contributed by atoms with van der Waals surface area (Å²) in [5.74, 6) is 0. The maximum atomic E-state index is 3.58. The lowest BCUT2D eigenvalue weighted by Gasteiger charge is -2.38. The van der Waals surface area contributed by atoms with Gasteiger partial charge in [-0.05, 0) is 19.9 Å².